The van der Waals surface area contributed by atoms with E-state index in [1.165, 1.54) is 0 Å². The van der Waals surface area contributed by atoms with Crippen LogP contribution in [0.4, 0.5) is 5.69 Å². The molecule has 19 heavy (non-hydrogen) atoms. The minimum Gasteiger partial charge on any atom is -0.478 e. The van der Waals surface area contributed by atoms with Crippen molar-refractivity contribution in [2.75, 3.05) is 25.1 Å². The number of hydrogen-bond donors (Lipinski definition) is 1. The first-order chi connectivity index (χ1) is 8.97. The van der Waals surface area contributed by atoms with Crippen LogP contribution < -0.4 is 4.90 Å². The highest BCUT2D eigenvalue weighted by Crippen LogP contribution is 2.35. The fraction of sp³-hybridized carbons (Fsp3) is 0.500. The summed E-state index contributed by atoms with van der Waals surface area (Å²) in [5.74, 6) is -0.956. The van der Waals surface area contributed by atoms with Crippen LogP contribution in [0.15, 0.2) is 18.2 Å². The second-order valence-electron chi connectivity index (χ2n) is 5.12. The van der Waals surface area contributed by atoms with Crippen molar-refractivity contribution < 1.29 is 14.6 Å². The van der Waals surface area contributed by atoms with Crippen molar-refractivity contribution in [2.24, 2.45) is 0 Å². The molecule has 1 heterocycles. The van der Waals surface area contributed by atoms with Gasteiger partial charge < -0.3 is 14.7 Å². The third-order valence-electron chi connectivity index (χ3n) is 3.69. The standard InChI is InChI=1S/C14H18ClNO3/c1-14(19-2)7-4-8-16(9-14)12-10(13(17)18)5-3-6-11(12)15/h3,5-6H,4,7-9H2,1-2H3,(H,17,18). The number of ether oxygens (including phenoxy) is 1. The van der Waals surface area contributed by atoms with Gasteiger partial charge in [0, 0.05) is 20.2 Å². The maximum absolute atomic E-state index is 11.3. The number of hydrogen-bond acceptors (Lipinski definition) is 3. The predicted octanol–water partition coefficient (Wildman–Crippen LogP) is 3.04. The number of aromatic carboxylic acids is 1. The maximum atomic E-state index is 11.3. The average molecular weight is 284 g/mol. The summed E-state index contributed by atoms with van der Waals surface area (Å²) in [4.78, 5) is 13.3. The molecule has 1 saturated heterocycles. The van der Waals surface area contributed by atoms with Gasteiger partial charge in [0.1, 0.15) is 0 Å². The molecule has 104 valence electrons. The summed E-state index contributed by atoms with van der Waals surface area (Å²) in [5, 5.41) is 9.76. The molecule has 5 heteroatoms. The topological polar surface area (TPSA) is 49.8 Å². The van der Waals surface area contributed by atoms with Gasteiger partial charge in [-0.05, 0) is 31.9 Å². The number of anilines is 1. The number of halogens is 1. The Morgan fingerprint density at radius 1 is 1.53 bits per heavy atom. The van der Waals surface area contributed by atoms with Gasteiger partial charge >= 0.3 is 5.97 Å². The molecule has 0 aliphatic carbocycles. The number of carboxylic acids is 1. The zero-order chi connectivity index (χ0) is 14.0. The smallest absolute Gasteiger partial charge is 0.337 e. The molecule has 0 saturated carbocycles. The molecule has 1 unspecified atom stereocenters. The maximum Gasteiger partial charge on any atom is 0.337 e. The number of benzene rings is 1. The Balaban J connectivity index is 2.38. The summed E-state index contributed by atoms with van der Waals surface area (Å²) >= 11 is 6.20. The van der Waals surface area contributed by atoms with Crippen LogP contribution in [0.5, 0.6) is 0 Å². The molecule has 1 fully saturated rings. The van der Waals surface area contributed by atoms with Gasteiger partial charge in [-0.25, -0.2) is 4.79 Å². The molecule has 0 amide bonds. The second-order valence-corrected chi connectivity index (χ2v) is 5.53. The number of carbonyl (C=O) groups is 1. The fourth-order valence-electron chi connectivity index (χ4n) is 2.57. The molecule has 1 aliphatic heterocycles. The van der Waals surface area contributed by atoms with E-state index in [9.17, 15) is 9.90 Å². The Morgan fingerprint density at radius 3 is 2.89 bits per heavy atom. The SMILES string of the molecule is COC1(C)CCCN(c2c(Cl)cccc2C(=O)O)C1. The lowest BCUT2D eigenvalue weighted by atomic mass is 9.94. The highest BCUT2D eigenvalue weighted by Gasteiger charge is 2.33. The summed E-state index contributed by atoms with van der Waals surface area (Å²) in [5.41, 5.74) is 0.584. The van der Waals surface area contributed by atoms with Gasteiger partial charge in [-0.1, -0.05) is 17.7 Å². The normalized spacial score (nSPS) is 23.4. The summed E-state index contributed by atoms with van der Waals surface area (Å²) < 4.78 is 5.54. The Hall–Kier alpha value is -1.26. The predicted molar refractivity (Wildman–Crippen MR) is 75.3 cm³/mol. The van der Waals surface area contributed by atoms with E-state index >= 15 is 0 Å². The molecule has 1 aromatic carbocycles. The molecule has 1 aliphatic rings. The number of methoxy groups -OCH3 is 1. The Kier molecular flexibility index (Phi) is 4.02. The molecular weight excluding hydrogens is 266 g/mol. The molecule has 0 bridgehead atoms. The van der Waals surface area contributed by atoms with E-state index in [0.717, 1.165) is 19.4 Å². The Bertz CT molecular complexity index is 492. The van der Waals surface area contributed by atoms with E-state index in [1.807, 2.05) is 11.8 Å². The van der Waals surface area contributed by atoms with Crippen molar-refractivity contribution in [3.05, 3.63) is 28.8 Å². The summed E-state index contributed by atoms with van der Waals surface area (Å²) in [7, 11) is 1.69. The minimum absolute atomic E-state index is 0.243. The van der Waals surface area contributed by atoms with Crippen LogP contribution in [0.2, 0.25) is 5.02 Å². The van der Waals surface area contributed by atoms with Crippen molar-refractivity contribution in [1.29, 1.82) is 0 Å². The lowest BCUT2D eigenvalue weighted by molar-refractivity contribution is -0.00471. The van der Waals surface area contributed by atoms with E-state index < -0.39 is 5.97 Å². The van der Waals surface area contributed by atoms with E-state index in [1.54, 1.807) is 25.3 Å². The average Bonchev–Trinajstić information content (AvgIpc) is 2.38. The molecule has 1 N–H and O–H groups in total. The number of carboxylic acid groups (broad SMARTS) is 1. The van der Waals surface area contributed by atoms with Gasteiger partial charge in [-0.2, -0.15) is 0 Å². The van der Waals surface area contributed by atoms with Crippen LogP contribution in [0.25, 0.3) is 0 Å². The Labute approximate surface area is 117 Å². The van der Waals surface area contributed by atoms with E-state index in [-0.39, 0.29) is 11.2 Å². The highest BCUT2D eigenvalue weighted by atomic mass is 35.5. The highest BCUT2D eigenvalue weighted by molar-refractivity contribution is 6.34. The molecule has 0 spiro atoms. The van der Waals surface area contributed by atoms with Crippen molar-refractivity contribution >= 4 is 23.3 Å². The summed E-state index contributed by atoms with van der Waals surface area (Å²) in [6, 6.07) is 4.97. The van der Waals surface area contributed by atoms with Crippen LogP contribution in [-0.2, 0) is 4.74 Å². The molecule has 0 aromatic heterocycles. The first-order valence-electron chi connectivity index (χ1n) is 6.29. The van der Waals surface area contributed by atoms with Gasteiger partial charge in [0.05, 0.1) is 21.9 Å². The molecular formula is C14H18ClNO3. The lowest BCUT2D eigenvalue weighted by Gasteiger charge is -2.41. The van der Waals surface area contributed by atoms with Crippen molar-refractivity contribution in [3.8, 4) is 0 Å². The van der Waals surface area contributed by atoms with Crippen LogP contribution in [0.3, 0.4) is 0 Å². The van der Waals surface area contributed by atoms with Crippen molar-refractivity contribution in [2.45, 2.75) is 25.4 Å². The van der Waals surface area contributed by atoms with Crippen molar-refractivity contribution in [3.63, 3.8) is 0 Å². The molecule has 0 radical (unpaired) electrons. The van der Waals surface area contributed by atoms with Crippen LogP contribution >= 0.6 is 11.6 Å². The van der Waals surface area contributed by atoms with E-state index in [4.69, 9.17) is 16.3 Å². The lowest BCUT2D eigenvalue weighted by Crippen LogP contribution is -2.48. The molecule has 2 rings (SSSR count). The zero-order valence-corrected chi connectivity index (χ0v) is 11.9. The molecule has 4 nitrogen and oxygen atoms in total. The number of rotatable bonds is 3. The van der Waals surface area contributed by atoms with Gasteiger partial charge in [-0.3, -0.25) is 0 Å². The largest absolute Gasteiger partial charge is 0.478 e. The summed E-state index contributed by atoms with van der Waals surface area (Å²) in [6.07, 6.45) is 1.92. The Morgan fingerprint density at radius 2 is 2.26 bits per heavy atom. The summed E-state index contributed by atoms with van der Waals surface area (Å²) in [6.45, 7) is 3.48. The quantitative estimate of drug-likeness (QED) is 0.926. The first-order valence-corrected chi connectivity index (χ1v) is 6.66. The van der Waals surface area contributed by atoms with Gasteiger partial charge in [-0.15, -0.1) is 0 Å². The zero-order valence-electron chi connectivity index (χ0n) is 11.1. The van der Waals surface area contributed by atoms with Crippen LogP contribution in [0, 0.1) is 0 Å². The van der Waals surface area contributed by atoms with Crippen molar-refractivity contribution in [1.82, 2.24) is 0 Å². The number of piperidine rings is 1. The van der Waals surface area contributed by atoms with Gasteiger partial charge in [0.25, 0.3) is 0 Å². The monoisotopic (exact) mass is 283 g/mol. The van der Waals surface area contributed by atoms with Gasteiger partial charge in [0.15, 0.2) is 0 Å². The third-order valence-corrected chi connectivity index (χ3v) is 3.99. The minimum atomic E-state index is -0.956. The van der Waals surface area contributed by atoms with Crippen LogP contribution in [0.1, 0.15) is 30.1 Å². The van der Waals surface area contributed by atoms with E-state index in [0.29, 0.717) is 17.3 Å². The van der Waals surface area contributed by atoms with E-state index in [2.05, 4.69) is 0 Å². The number of para-hydroxylation sites is 1. The fourth-order valence-corrected chi connectivity index (χ4v) is 2.87. The number of nitrogens with zero attached hydrogens (tertiary/aromatic N) is 1. The van der Waals surface area contributed by atoms with Gasteiger partial charge in [0.2, 0.25) is 0 Å². The van der Waals surface area contributed by atoms with Crippen LogP contribution in [-0.4, -0.2) is 36.9 Å². The first kappa shape index (κ1) is 14.2. The second kappa shape index (κ2) is 5.39. The third kappa shape index (κ3) is 2.85. The molecule has 1 atom stereocenters. The molecule has 1 aromatic rings.